The number of hydrogen-bond acceptors (Lipinski definition) is 3. The highest BCUT2D eigenvalue weighted by atomic mass is 16.6. The van der Waals surface area contributed by atoms with Crippen molar-refractivity contribution in [2.75, 3.05) is 6.61 Å². The van der Waals surface area contributed by atoms with Crippen molar-refractivity contribution in [1.82, 2.24) is 0 Å². The molecular weight excluding hydrogens is 134 g/mol. The molecule has 1 saturated heterocycles. The van der Waals surface area contributed by atoms with Crippen molar-refractivity contribution < 1.29 is 9.66 Å². The molecule has 0 unspecified atom stereocenters. The minimum Gasteiger partial charge on any atom is -0.374 e. The molecule has 0 aromatic carbocycles. The molecule has 4 nitrogen and oxygen atoms in total. The summed E-state index contributed by atoms with van der Waals surface area (Å²) in [6, 6.07) is 0. The summed E-state index contributed by atoms with van der Waals surface area (Å²) < 4.78 is 5.11. The third kappa shape index (κ3) is 2.14. The molecule has 1 aliphatic rings. The van der Waals surface area contributed by atoms with Gasteiger partial charge >= 0.3 is 0 Å². The Hall–Kier alpha value is -0.900. The van der Waals surface area contributed by atoms with Crippen molar-refractivity contribution in [3.05, 3.63) is 22.4 Å². The first-order valence-corrected chi connectivity index (χ1v) is 3.22. The van der Waals surface area contributed by atoms with Crippen LogP contribution in [0.3, 0.4) is 0 Å². The van der Waals surface area contributed by atoms with Crippen molar-refractivity contribution in [2.45, 2.75) is 18.9 Å². The summed E-state index contributed by atoms with van der Waals surface area (Å²) in [6.45, 7) is 0.729. The predicted molar refractivity (Wildman–Crippen MR) is 35.1 cm³/mol. The van der Waals surface area contributed by atoms with Gasteiger partial charge in [0.2, 0.25) is 6.20 Å². The smallest absolute Gasteiger partial charge is 0.233 e. The quantitative estimate of drug-likeness (QED) is 0.427. The standard InChI is InChI=1S/C6H9NO3/c8-7(9)4-3-6-2-1-5-10-6/h3-4,6H,1-2,5H2/b4-3+/t6-/m1/s1. The first-order valence-electron chi connectivity index (χ1n) is 3.22. The lowest BCUT2D eigenvalue weighted by molar-refractivity contribution is -0.402. The van der Waals surface area contributed by atoms with E-state index in [-0.39, 0.29) is 6.10 Å². The van der Waals surface area contributed by atoms with Gasteiger partial charge in [-0.1, -0.05) is 0 Å². The van der Waals surface area contributed by atoms with Crippen LogP contribution in [0.4, 0.5) is 0 Å². The largest absolute Gasteiger partial charge is 0.374 e. The van der Waals surface area contributed by atoms with Crippen LogP contribution >= 0.6 is 0 Å². The first kappa shape index (κ1) is 7.21. The van der Waals surface area contributed by atoms with Crippen LogP contribution in [0.25, 0.3) is 0 Å². The van der Waals surface area contributed by atoms with Crippen LogP contribution in [0.1, 0.15) is 12.8 Å². The Bertz CT molecular complexity index is 149. The molecule has 0 bridgehead atoms. The number of nitrogens with zero attached hydrogens (tertiary/aromatic N) is 1. The lowest BCUT2D eigenvalue weighted by atomic mass is 10.2. The van der Waals surface area contributed by atoms with Gasteiger partial charge in [0, 0.05) is 12.7 Å². The topological polar surface area (TPSA) is 52.4 Å². The van der Waals surface area contributed by atoms with Crippen molar-refractivity contribution in [2.24, 2.45) is 0 Å². The van der Waals surface area contributed by atoms with Crippen molar-refractivity contribution in [1.29, 1.82) is 0 Å². The number of hydrogen-bond donors (Lipinski definition) is 0. The van der Waals surface area contributed by atoms with Gasteiger partial charge < -0.3 is 4.74 Å². The Labute approximate surface area is 58.6 Å². The van der Waals surface area contributed by atoms with E-state index >= 15 is 0 Å². The SMILES string of the molecule is O=[N+]([O-])/C=C/[C@H]1CCCO1. The zero-order valence-corrected chi connectivity index (χ0v) is 5.53. The maximum Gasteiger partial charge on any atom is 0.233 e. The Balaban J connectivity index is 2.29. The van der Waals surface area contributed by atoms with Crippen molar-refractivity contribution in [3.63, 3.8) is 0 Å². The summed E-state index contributed by atoms with van der Waals surface area (Å²) in [5.41, 5.74) is 0. The molecule has 1 atom stereocenters. The van der Waals surface area contributed by atoms with Gasteiger partial charge in [0.15, 0.2) is 0 Å². The summed E-state index contributed by atoms with van der Waals surface area (Å²) in [7, 11) is 0. The fraction of sp³-hybridized carbons (Fsp3) is 0.667. The number of ether oxygens (including phenoxy) is 1. The molecule has 0 spiro atoms. The van der Waals surface area contributed by atoms with Gasteiger partial charge in [-0.3, -0.25) is 10.1 Å². The second-order valence-corrected chi connectivity index (χ2v) is 2.18. The van der Waals surface area contributed by atoms with E-state index in [4.69, 9.17) is 4.74 Å². The summed E-state index contributed by atoms with van der Waals surface area (Å²) in [5, 5.41) is 9.82. The first-order chi connectivity index (χ1) is 4.79. The highest BCUT2D eigenvalue weighted by Gasteiger charge is 2.12. The molecule has 0 amide bonds. The van der Waals surface area contributed by atoms with Crippen molar-refractivity contribution in [3.8, 4) is 0 Å². The van der Waals surface area contributed by atoms with Crippen LogP contribution < -0.4 is 0 Å². The minimum atomic E-state index is -0.471. The molecule has 1 heterocycles. The van der Waals surface area contributed by atoms with Gasteiger partial charge in [-0.2, -0.15) is 0 Å². The third-order valence-electron chi connectivity index (χ3n) is 1.39. The van der Waals surface area contributed by atoms with Gasteiger partial charge in [-0.05, 0) is 12.8 Å². The monoisotopic (exact) mass is 143 g/mol. The fourth-order valence-corrected chi connectivity index (χ4v) is 0.921. The zero-order valence-electron chi connectivity index (χ0n) is 5.53. The number of rotatable bonds is 2. The van der Waals surface area contributed by atoms with Crippen molar-refractivity contribution >= 4 is 0 Å². The maximum atomic E-state index is 9.82. The average Bonchev–Trinajstić information content (AvgIpc) is 2.34. The molecule has 56 valence electrons. The van der Waals surface area contributed by atoms with Gasteiger partial charge in [-0.25, -0.2) is 0 Å². The van der Waals surface area contributed by atoms with Crippen LogP contribution in [0, 0.1) is 10.1 Å². The molecule has 0 aromatic heterocycles. The third-order valence-corrected chi connectivity index (χ3v) is 1.39. The van der Waals surface area contributed by atoms with Crippen LogP contribution in [0.2, 0.25) is 0 Å². The Morgan fingerprint density at radius 2 is 2.50 bits per heavy atom. The Morgan fingerprint density at radius 1 is 1.70 bits per heavy atom. The second kappa shape index (κ2) is 3.31. The normalized spacial score (nSPS) is 25.8. The van der Waals surface area contributed by atoms with Crippen LogP contribution in [-0.2, 0) is 4.74 Å². The van der Waals surface area contributed by atoms with E-state index in [0.717, 1.165) is 25.6 Å². The Kier molecular flexibility index (Phi) is 2.39. The fourth-order valence-electron chi connectivity index (χ4n) is 0.921. The molecule has 0 radical (unpaired) electrons. The van der Waals surface area contributed by atoms with E-state index in [9.17, 15) is 10.1 Å². The molecule has 4 heteroatoms. The van der Waals surface area contributed by atoms with Crippen LogP contribution in [0.15, 0.2) is 12.3 Å². The molecule has 10 heavy (non-hydrogen) atoms. The average molecular weight is 143 g/mol. The molecular formula is C6H9NO3. The van der Waals surface area contributed by atoms with E-state index < -0.39 is 4.92 Å². The van der Waals surface area contributed by atoms with E-state index in [1.54, 1.807) is 0 Å². The maximum absolute atomic E-state index is 9.82. The Morgan fingerprint density at radius 3 is 3.00 bits per heavy atom. The highest BCUT2D eigenvalue weighted by molar-refractivity contribution is 4.86. The van der Waals surface area contributed by atoms with Crippen LogP contribution in [0.5, 0.6) is 0 Å². The molecule has 0 N–H and O–H groups in total. The molecule has 1 fully saturated rings. The zero-order chi connectivity index (χ0) is 7.40. The summed E-state index contributed by atoms with van der Waals surface area (Å²) in [4.78, 5) is 9.35. The van der Waals surface area contributed by atoms with Crippen LogP contribution in [-0.4, -0.2) is 17.6 Å². The van der Waals surface area contributed by atoms with E-state index in [0.29, 0.717) is 0 Å². The van der Waals surface area contributed by atoms with Gasteiger partial charge in [0.1, 0.15) is 0 Å². The minimum absolute atomic E-state index is 0.0228. The molecule has 1 aliphatic heterocycles. The predicted octanol–water partition coefficient (Wildman–Crippen LogP) is 0.956. The molecule has 1 rings (SSSR count). The number of nitro groups is 1. The second-order valence-electron chi connectivity index (χ2n) is 2.18. The lowest BCUT2D eigenvalue weighted by Gasteiger charge is -1.97. The lowest BCUT2D eigenvalue weighted by Crippen LogP contribution is -2.00. The van der Waals surface area contributed by atoms with E-state index in [1.165, 1.54) is 6.08 Å². The molecule has 0 aliphatic carbocycles. The van der Waals surface area contributed by atoms with E-state index in [2.05, 4.69) is 0 Å². The van der Waals surface area contributed by atoms with E-state index in [1.807, 2.05) is 0 Å². The summed E-state index contributed by atoms with van der Waals surface area (Å²) >= 11 is 0. The van der Waals surface area contributed by atoms with Gasteiger partial charge in [-0.15, -0.1) is 0 Å². The summed E-state index contributed by atoms with van der Waals surface area (Å²) in [6.07, 6.45) is 4.32. The molecule has 0 saturated carbocycles. The molecule has 0 aromatic rings. The summed E-state index contributed by atoms with van der Waals surface area (Å²) in [5.74, 6) is 0. The van der Waals surface area contributed by atoms with Gasteiger partial charge in [0.25, 0.3) is 0 Å². The highest BCUT2D eigenvalue weighted by Crippen LogP contribution is 2.12. The van der Waals surface area contributed by atoms with Gasteiger partial charge in [0.05, 0.1) is 11.0 Å².